The molecule has 4 rings (SSSR count). The molecule has 1 aromatic heterocycles. The van der Waals surface area contributed by atoms with Gasteiger partial charge in [0.25, 0.3) is 0 Å². The smallest absolute Gasteiger partial charge is 0.243 e. The number of hydrogen-bond acceptors (Lipinski definition) is 5. The lowest BCUT2D eigenvalue weighted by Gasteiger charge is -2.18. The van der Waals surface area contributed by atoms with E-state index in [1.165, 1.54) is 4.31 Å². The van der Waals surface area contributed by atoms with Crippen LogP contribution in [0.25, 0.3) is 0 Å². The minimum atomic E-state index is -3.47. The number of benzene rings is 1. The second kappa shape index (κ2) is 5.65. The van der Waals surface area contributed by atoms with E-state index in [1.807, 2.05) is 19.9 Å². The van der Waals surface area contributed by atoms with E-state index in [1.54, 1.807) is 18.2 Å². The number of nitrogens with zero attached hydrogens (tertiary/aromatic N) is 3. The number of nitrogens with one attached hydrogen (secondary N) is 1. The van der Waals surface area contributed by atoms with Crippen molar-refractivity contribution in [2.24, 2.45) is 5.92 Å². The molecule has 0 unspecified atom stereocenters. The van der Waals surface area contributed by atoms with Gasteiger partial charge < -0.3 is 4.74 Å². The van der Waals surface area contributed by atoms with Crippen molar-refractivity contribution in [2.45, 2.75) is 37.4 Å². The second-order valence-corrected chi connectivity index (χ2v) is 8.51. The lowest BCUT2D eigenvalue weighted by molar-refractivity contribution is 0.0385. The van der Waals surface area contributed by atoms with Crippen molar-refractivity contribution in [3.05, 3.63) is 41.5 Å². The van der Waals surface area contributed by atoms with Crippen molar-refractivity contribution in [1.82, 2.24) is 19.5 Å². The van der Waals surface area contributed by atoms with Gasteiger partial charge in [0.05, 0.1) is 11.0 Å². The standard InChI is InChI=1S/C16H20N4O3S/c1-10-4-3-5-13(6-10)24(21,22)20-8-12-7-14(23-15(12)9-20)16-17-11(2)18-19-16/h3-6,12,14-15H,7-9H2,1-2H3,(H,17,18,19)/t12-,14-,15+/m0/s1. The molecule has 0 aliphatic carbocycles. The van der Waals surface area contributed by atoms with Crippen LogP contribution in [0.3, 0.4) is 0 Å². The van der Waals surface area contributed by atoms with E-state index < -0.39 is 10.0 Å². The highest BCUT2D eigenvalue weighted by Gasteiger charge is 2.47. The van der Waals surface area contributed by atoms with Gasteiger partial charge >= 0.3 is 0 Å². The van der Waals surface area contributed by atoms with Crippen LogP contribution >= 0.6 is 0 Å². The van der Waals surface area contributed by atoms with Gasteiger partial charge in [-0.3, -0.25) is 5.10 Å². The van der Waals surface area contributed by atoms with Crippen LogP contribution in [0.1, 0.15) is 29.7 Å². The fraction of sp³-hybridized carbons (Fsp3) is 0.500. The molecule has 3 atom stereocenters. The van der Waals surface area contributed by atoms with Crippen LogP contribution in [0.4, 0.5) is 0 Å². The van der Waals surface area contributed by atoms with Crippen molar-refractivity contribution >= 4 is 10.0 Å². The molecule has 0 radical (unpaired) electrons. The topological polar surface area (TPSA) is 88.2 Å². The summed E-state index contributed by atoms with van der Waals surface area (Å²) in [5.41, 5.74) is 0.937. The number of rotatable bonds is 3. The fourth-order valence-electron chi connectivity index (χ4n) is 3.52. The summed E-state index contributed by atoms with van der Waals surface area (Å²) in [6.45, 7) is 4.62. The normalized spacial score (nSPS) is 27.5. The molecule has 3 heterocycles. The lowest BCUT2D eigenvalue weighted by Crippen LogP contribution is -2.31. The molecule has 2 saturated heterocycles. The largest absolute Gasteiger partial charge is 0.365 e. The quantitative estimate of drug-likeness (QED) is 0.910. The molecule has 0 spiro atoms. The molecule has 128 valence electrons. The maximum absolute atomic E-state index is 12.8. The highest BCUT2D eigenvalue weighted by Crippen LogP contribution is 2.41. The maximum Gasteiger partial charge on any atom is 0.243 e. The predicted molar refractivity (Wildman–Crippen MR) is 86.8 cm³/mol. The zero-order valence-electron chi connectivity index (χ0n) is 13.6. The lowest BCUT2D eigenvalue weighted by atomic mass is 10.0. The van der Waals surface area contributed by atoms with Crippen LogP contribution in [-0.2, 0) is 14.8 Å². The number of H-pyrrole nitrogens is 1. The number of sulfonamides is 1. The number of hydrogen-bond donors (Lipinski definition) is 1. The van der Waals surface area contributed by atoms with E-state index in [2.05, 4.69) is 15.2 Å². The highest BCUT2D eigenvalue weighted by molar-refractivity contribution is 7.89. The summed E-state index contributed by atoms with van der Waals surface area (Å²) in [5, 5.41) is 6.98. The van der Waals surface area contributed by atoms with Crippen LogP contribution in [0.15, 0.2) is 29.2 Å². The summed E-state index contributed by atoms with van der Waals surface area (Å²) in [6.07, 6.45) is 0.518. The predicted octanol–water partition coefficient (Wildman–Crippen LogP) is 1.57. The number of aromatic nitrogens is 3. The third kappa shape index (κ3) is 2.64. The molecule has 2 fully saturated rings. The van der Waals surface area contributed by atoms with Gasteiger partial charge in [0.1, 0.15) is 11.9 Å². The van der Waals surface area contributed by atoms with Gasteiger partial charge in [0.2, 0.25) is 10.0 Å². The Morgan fingerprint density at radius 3 is 2.79 bits per heavy atom. The molecular formula is C16H20N4O3S. The van der Waals surface area contributed by atoms with Gasteiger partial charge in [-0.1, -0.05) is 12.1 Å². The highest BCUT2D eigenvalue weighted by atomic mass is 32.2. The molecule has 0 saturated carbocycles. The molecule has 2 aromatic rings. The monoisotopic (exact) mass is 348 g/mol. The maximum atomic E-state index is 12.8. The van der Waals surface area contributed by atoms with Crippen LogP contribution in [0.2, 0.25) is 0 Å². The molecule has 1 aromatic carbocycles. The Balaban J connectivity index is 1.49. The molecule has 2 aliphatic rings. The second-order valence-electron chi connectivity index (χ2n) is 6.58. The first-order valence-electron chi connectivity index (χ1n) is 8.04. The molecule has 0 bridgehead atoms. The average Bonchev–Trinajstić information content (AvgIpc) is 3.20. The summed E-state index contributed by atoms with van der Waals surface area (Å²) in [7, 11) is -3.47. The average molecular weight is 348 g/mol. The van der Waals surface area contributed by atoms with E-state index in [0.717, 1.165) is 17.8 Å². The van der Waals surface area contributed by atoms with Gasteiger partial charge in [0, 0.05) is 19.0 Å². The molecule has 2 aliphatic heterocycles. The third-order valence-corrected chi connectivity index (χ3v) is 6.56. The first kappa shape index (κ1) is 15.7. The van der Waals surface area contributed by atoms with Crippen molar-refractivity contribution in [2.75, 3.05) is 13.1 Å². The summed E-state index contributed by atoms with van der Waals surface area (Å²) >= 11 is 0. The van der Waals surface area contributed by atoms with Crippen LogP contribution in [-0.4, -0.2) is 47.1 Å². The number of aromatic amines is 1. The summed E-state index contributed by atoms with van der Waals surface area (Å²) < 4.78 is 33.2. The minimum Gasteiger partial charge on any atom is -0.365 e. The summed E-state index contributed by atoms with van der Waals surface area (Å²) in [4.78, 5) is 4.67. The summed E-state index contributed by atoms with van der Waals surface area (Å²) in [6, 6.07) is 7.03. The van der Waals surface area contributed by atoms with Crippen LogP contribution in [0, 0.1) is 19.8 Å². The van der Waals surface area contributed by atoms with Crippen molar-refractivity contribution < 1.29 is 13.2 Å². The summed E-state index contributed by atoms with van der Waals surface area (Å²) in [5.74, 6) is 1.61. The van der Waals surface area contributed by atoms with Crippen molar-refractivity contribution in [3.8, 4) is 0 Å². The Hall–Kier alpha value is -1.77. The minimum absolute atomic E-state index is 0.0895. The Labute approximate surface area is 141 Å². The SMILES string of the molecule is Cc1cccc(S(=O)(=O)N2C[C@@H]3C[C@@H](c4n[nH]c(C)n4)O[C@@H]3C2)c1. The van der Waals surface area contributed by atoms with Gasteiger partial charge in [-0.15, -0.1) is 0 Å². The van der Waals surface area contributed by atoms with Gasteiger partial charge in [-0.05, 0) is 38.0 Å². The first-order valence-corrected chi connectivity index (χ1v) is 9.48. The van der Waals surface area contributed by atoms with Crippen molar-refractivity contribution in [1.29, 1.82) is 0 Å². The number of aryl methyl sites for hydroxylation is 2. The Morgan fingerprint density at radius 2 is 2.12 bits per heavy atom. The Morgan fingerprint density at radius 1 is 1.29 bits per heavy atom. The Bertz CT molecular complexity index is 850. The first-order chi connectivity index (χ1) is 11.4. The third-order valence-electron chi connectivity index (χ3n) is 4.73. The number of fused-ring (bicyclic) bond motifs is 1. The fourth-order valence-corrected chi connectivity index (χ4v) is 5.13. The molecule has 8 heteroatoms. The van der Waals surface area contributed by atoms with E-state index in [9.17, 15) is 8.42 Å². The van der Waals surface area contributed by atoms with Crippen LogP contribution in [0.5, 0.6) is 0 Å². The zero-order chi connectivity index (χ0) is 16.9. The Kier molecular flexibility index (Phi) is 3.70. The zero-order valence-corrected chi connectivity index (χ0v) is 14.5. The molecule has 1 N–H and O–H groups in total. The van der Waals surface area contributed by atoms with Crippen LogP contribution < -0.4 is 0 Å². The molecule has 7 nitrogen and oxygen atoms in total. The van der Waals surface area contributed by atoms with E-state index in [4.69, 9.17) is 4.74 Å². The van der Waals surface area contributed by atoms with E-state index in [0.29, 0.717) is 23.8 Å². The molecule has 24 heavy (non-hydrogen) atoms. The van der Waals surface area contributed by atoms with Gasteiger partial charge in [0.15, 0.2) is 5.82 Å². The van der Waals surface area contributed by atoms with Gasteiger partial charge in [-0.25, -0.2) is 13.4 Å². The van der Waals surface area contributed by atoms with E-state index >= 15 is 0 Å². The van der Waals surface area contributed by atoms with E-state index in [-0.39, 0.29) is 18.1 Å². The molecule has 0 amide bonds. The molecular weight excluding hydrogens is 328 g/mol. The number of ether oxygens (including phenoxy) is 1. The van der Waals surface area contributed by atoms with Crippen molar-refractivity contribution in [3.63, 3.8) is 0 Å². The van der Waals surface area contributed by atoms with Gasteiger partial charge in [-0.2, -0.15) is 9.40 Å².